The minimum Gasteiger partial charge on any atom is -0.496 e. The lowest BCUT2D eigenvalue weighted by Crippen LogP contribution is -2.18. The number of nitrogens with zero attached hydrogens (tertiary/aromatic N) is 4. The van der Waals surface area contributed by atoms with E-state index in [4.69, 9.17) is 9.72 Å². The normalized spacial score (nSPS) is 11.3. The average Bonchev–Trinajstić information content (AvgIpc) is 3.18. The minimum atomic E-state index is 0.837. The maximum Gasteiger partial charge on any atom is 0.139 e. The zero-order chi connectivity index (χ0) is 18.0. The number of thiazole rings is 1. The van der Waals surface area contributed by atoms with Gasteiger partial charge < -0.3 is 14.2 Å². The van der Waals surface area contributed by atoms with E-state index in [2.05, 4.69) is 47.6 Å². The van der Waals surface area contributed by atoms with Gasteiger partial charge in [-0.25, -0.2) is 9.97 Å². The van der Waals surface area contributed by atoms with Gasteiger partial charge in [0.15, 0.2) is 0 Å². The molecule has 132 valence electrons. The number of aromatic nitrogens is 3. The standard InChI is InChI=1S/C19H24N4OS/c1-13-18(21-14(2)25-13)16-12-15(6-7-17(16)24-5)19-20-8-9-23(19)11-10-22(3)4/h6-9,12H,10-11H2,1-5H3. The quantitative estimate of drug-likeness (QED) is 0.673. The Hall–Kier alpha value is -2.18. The van der Waals surface area contributed by atoms with Crippen LogP contribution in [0.3, 0.4) is 0 Å². The van der Waals surface area contributed by atoms with Gasteiger partial charge in [0.1, 0.15) is 11.6 Å². The summed E-state index contributed by atoms with van der Waals surface area (Å²) in [5.41, 5.74) is 3.08. The molecule has 0 aliphatic heterocycles. The first-order chi connectivity index (χ1) is 12.0. The van der Waals surface area contributed by atoms with Gasteiger partial charge in [0.05, 0.1) is 17.8 Å². The number of methoxy groups -OCH3 is 1. The van der Waals surface area contributed by atoms with E-state index in [9.17, 15) is 0 Å². The summed E-state index contributed by atoms with van der Waals surface area (Å²) in [6.07, 6.45) is 3.88. The lowest BCUT2D eigenvalue weighted by atomic mass is 10.1. The summed E-state index contributed by atoms with van der Waals surface area (Å²) in [6.45, 7) is 6.00. The van der Waals surface area contributed by atoms with Gasteiger partial charge in [-0.05, 0) is 46.1 Å². The predicted octanol–water partition coefficient (Wildman–Crippen LogP) is 3.86. The Labute approximate surface area is 152 Å². The molecule has 3 aromatic rings. The molecule has 0 aliphatic rings. The maximum atomic E-state index is 5.58. The second-order valence-electron chi connectivity index (χ2n) is 6.30. The van der Waals surface area contributed by atoms with Crippen LogP contribution < -0.4 is 4.74 Å². The lowest BCUT2D eigenvalue weighted by molar-refractivity contribution is 0.385. The van der Waals surface area contributed by atoms with Crippen molar-refractivity contribution in [3.05, 3.63) is 40.5 Å². The van der Waals surface area contributed by atoms with Gasteiger partial charge in [-0.2, -0.15) is 0 Å². The Morgan fingerprint density at radius 1 is 1.24 bits per heavy atom. The van der Waals surface area contributed by atoms with Crippen LogP contribution in [0.1, 0.15) is 9.88 Å². The molecule has 0 atom stereocenters. The average molecular weight is 356 g/mol. The summed E-state index contributed by atoms with van der Waals surface area (Å²) in [4.78, 5) is 12.6. The largest absolute Gasteiger partial charge is 0.496 e. The monoisotopic (exact) mass is 356 g/mol. The fourth-order valence-corrected chi connectivity index (χ4v) is 3.70. The molecule has 0 amide bonds. The molecule has 1 aromatic carbocycles. The Morgan fingerprint density at radius 3 is 2.68 bits per heavy atom. The van der Waals surface area contributed by atoms with Crippen molar-refractivity contribution in [1.82, 2.24) is 19.4 Å². The number of hydrogen-bond acceptors (Lipinski definition) is 5. The number of imidazole rings is 1. The Balaban J connectivity index is 2.04. The summed E-state index contributed by atoms with van der Waals surface area (Å²) in [5, 5.41) is 1.06. The number of likely N-dealkylation sites (N-methyl/N-ethyl adjacent to an activating group) is 1. The van der Waals surface area contributed by atoms with E-state index in [-0.39, 0.29) is 0 Å². The van der Waals surface area contributed by atoms with Gasteiger partial charge >= 0.3 is 0 Å². The molecule has 2 aromatic heterocycles. The van der Waals surface area contributed by atoms with Crippen LogP contribution >= 0.6 is 11.3 Å². The third-order valence-corrected chi connectivity index (χ3v) is 5.01. The van der Waals surface area contributed by atoms with E-state index in [0.717, 1.165) is 46.5 Å². The van der Waals surface area contributed by atoms with Crippen molar-refractivity contribution in [2.24, 2.45) is 0 Å². The summed E-state index contributed by atoms with van der Waals surface area (Å²) in [6, 6.07) is 6.20. The molecule has 0 radical (unpaired) electrons. The lowest BCUT2D eigenvalue weighted by Gasteiger charge is -2.14. The summed E-state index contributed by atoms with van der Waals surface area (Å²) < 4.78 is 7.76. The molecule has 0 unspecified atom stereocenters. The third-order valence-electron chi connectivity index (χ3n) is 4.12. The first-order valence-electron chi connectivity index (χ1n) is 8.28. The second kappa shape index (κ2) is 7.37. The number of ether oxygens (including phenoxy) is 1. The van der Waals surface area contributed by atoms with E-state index < -0.39 is 0 Å². The molecule has 5 nitrogen and oxygen atoms in total. The van der Waals surface area contributed by atoms with Crippen LogP contribution in [0, 0.1) is 13.8 Å². The molecule has 0 N–H and O–H groups in total. The Morgan fingerprint density at radius 2 is 2.04 bits per heavy atom. The number of aryl methyl sites for hydroxylation is 2. The van der Waals surface area contributed by atoms with Crippen LogP contribution in [-0.2, 0) is 6.54 Å². The number of hydrogen-bond donors (Lipinski definition) is 0. The molecule has 0 saturated carbocycles. The van der Waals surface area contributed by atoms with Crippen LogP contribution in [0.2, 0.25) is 0 Å². The molecule has 25 heavy (non-hydrogen) atoms. The van der Waals surface area contributed by atoms with E-state index in [0.29, 0.717) is 0 Å². The molecule has 6 heteroatoms. The smallest absolute Gasteiger partial charge is 0.139 e. The van der Waals surface area contributed by atoms with Gasteiger partial charge in [-0.3, -0.25) is 0 Å². The highest BCUT2D eigenvalue weighted by atomic mass is 32.1. The van der Waals surface area contributed by atoms with Gasteiger partial charge in [0, 0.05) is 41.5 Å². The summed E-state index contributed by atoms with van der Waals surface area (Å²) in [5.74, 6) is 1.80. The third kappa shape index (κ3) is 3.75. The molecule has 2 heterocycles. The second-order valence-corrected chi connectivity index (χ2v) is 7.71. The highest BCUT2D eigenvalue weighted by Crippen LogP contribution is 2.36. The summed E-state index contributed by atoms with van der Waals surface area (Å²) >= 11 is 1.71. The SMILES string of the molecule is COc1ccc(-c2nccn2CCN(C)C)cc1-c1nc(C)sc1C. The van der Waals surface area contributed by atoms with Crippen LogP contribution in [-0.4, -0.2) is 47.2 Å². The molecule has 3 rings (SSSR count). The van der Waals surface area contributed by atoms with Crippen molar-refractivity contribution < 1.29 is 4.74 Å². The van der Waals surface area contributed by atoms with E-state index in [1.54, 1.807) is 18.4 Å². The zero-order valence-corrected chi connectivity index (χ0v) is 16.2. The van der Waals surface area contributed by atoms with E-state index >= 15 is 0 Å². The van der Waals surface area contributed by atoms with Gasteiger partial charge in [-0.1, -0.05) is 0 Å². The predicted molar refractivity (Wildman–Crippen MR) is 103 cm³/mol. The molecular formula is C19H24N4OS. The topological polar surface area (TPSA) is 43.2 Å². The van der Waals surface area contributed by atoms with Crippen molar-refractivity contribution in [2.45, 2.75) is 20.4 Å². The van der Waals surface area contributed by atoms with Crippen LogP contribution in [0.15, 0.2) is 30.6 Å². The van der Waals surface area contributed by atoms with Crippen molar-refractivity contribution in [3.8, 4) is 28.4 Å². The van der Waals surface area contributed by atoms with Crippen LogP contribution in [0.4, 0.5) is 0 Å². The first kappa shape index (κ1) is 17.6. The Bertz CT molecular complexity index is 866. The summed E-state index contributed by atoms with van der Waals surface area (Å²) in [7, 11) is 5.86. The molecular weight excluding hydrogens is 332 g/mol. The van der Waals surface area contributed by atoms with Gasteiger partial charge in [-0.15, -0.1) is 11.3 Å². The Kier molecular flexibility index (Phi) is 5.20. The van der Waals surface area contributed by atoms with Crippen LogP contribution in [0.5, 0.6) is 5.75 Å². The van der Waals surface area contributed by atoms with Crippen molar-refractivity contribution >= 4 is 11.3 Å². The molecule has 0 aliphatic carbocycles. The first-order valence-corrected chi connectivity index (χ1v) is 9.10. The number of benzene rings is 1. The molecule has 0 saturated heterocycles. The van der Waals surface area contributed by atoms with Gasteiger partial charge in [0.25, 0.3) is 0 Å². The van der Waals surface area contributed by atoms with Crippen molar-refractivity contribution in [1.29, 1.82) is 0 Å². The minimum absolute atomic E-state index is 0.837. The zero-order valence-electron chi connectivity index (χ0n) is 15.4. The fraction of sp³-hybridized carbons (Fsp3) is 0.368. The number of rotatable bonds is 6. The fourth-order valence-electron chi connectivity index (χ4n) is 2.87. The maximum absolute atomic E-state index is 5.58. The van der Waals surface area contributed by atoms with E-state index in [1.807, 2.05) is 25.4 Å². The van der Waals surface area contributed by atoms with Crippen molar-refractivity contribution in [2.75, 3.05) is 27.7 Å². The highest BCUT2D eigenvalue weighted by Gasteiger charge is 2.16. The molecule has 0 spiro atoms. The molecule has 0 fully saturated rings. The highest BCUT2D eigenvalue weighted by molar-refractivity contribution is 7.11. The van der Waals surface area contributed by atoms with E-state index in [1.165, 1.54) is 4.88 Å². The van der Waals surface area contributed by atoms with Crippen LogP contribution in [0.25, 0.3) is 22.6 Å². The van der Waals surface area contributed by atoms with Gasteiger partial charge in [0.2, 0.25) is 0 Å². The van der Waals surface area contributed by atoms with Crippen molar-refractivity contribution in [3.63, 3.8) is 0 Å². The molecule has 0 bridgehead atoms.